The van der Waals surface area contributed by atoms with E-state index in [0.717, 1.165) is 22.8 Å². The molecule has 0 radical (unpaired) electrons. The highest BCUT2D eigenvalue weighted by Crippen LogP contribution is 2.23. The largest absolute Gasteiger partial charge is 0.484 e. The number of anilines is 1. The summed E-state index contributed by atoms with van der Waals surface area (Å²) in [5, 5.41) is 18.4. The van der Waals surface area contributed by atoms with Crippen molar-refractivity contribution in [1.29, 1.82) is 0 Å². The molecule has 2 aromatic heterocycles. The molecule has 2 aromatic carbocycles. The van der Waals surface area contributed by atoms with Crippen molar-refractivity contribution in [3.63, 3.8) is 0 Å². The van der Waals surface area contributed by atoms with E-state index in [1.54, 1.807) is 12.1 Å². The van der Waals surface area contributed by atoms with Gasteiger partial charge in [0.15, 0.2) is 6.61 Å². The van der Waals surface area contributed by atoms with Crippen molar-refractivity contribution in [2.45, 2.75) is 13.8 Å². The third-order valence-electron chi connectivity index (χ3n) is 4.38. The molecule has 4 rings (SSSR count). The standard InChI is InChI=1S/C20H19N7O2/c1-14-20(15(2)27(23-14)17-6-4-3-5-7-17)22-19(28)12-29-18-10-8-16(9-11-18)26-13-21-24-25-26/h3-11,13H,12H2,1-2H3,(H,22,28). The Morgan fingerprint density at radius 1 is 1.03 bits per heavy atom. The van der Waals surface area contributed by atoms with Gasteiger partial charge in [0.1, 0.15) is 12.1 Å². The Balaban J connectivity index is 1.39. The number of tetrazole rings is 1. The Labute approximate surface area is 166 Å². The molecule has 0 aliphatic carbocycles. The van der Waals surface area contributed by atoms with Crippen molar-refractivity contribution in [2.24, 2.45) is 0 Å². The van der Waals surface area contributed by atoms with E-state index < -0.39 is 0 Å². The van der Waals surface area contributed by atoms with Crippen LogP contribution in [-0.4, -0.2) is 42.5 Å². The fourth-order valence-corrected chi connectivity index (χ4v) is 2.94. The van der Waals surface area contributed by atoms with Gasteiger partial charge in [-0.2, -0.15) is 5.10 Å². The number of benzene rings is 2. The Kier molecular flexibility index (Phi) is 5.02. The van der Waals surface area contributed by atoms with Gasteiger partial charge in [-0.3, -0.25) is 4.79 Å². The molecule has 9 nitrogen and oxygen atoms in total. The summed E-state index contributed by atoms with van der Waals surface area (Å²) in [5.41, 5.74) is 4.02. The maximum atomic E-state index is 12.4. The second kappa shape index (κ2) is 7.93. The Bertz CT molecular complexity index is 1100. The van der Waals surface area contributed by atoms with Gasteiger partial charge in [0, 0.05) is 0 Å². The molecular weight excluding hydrogens is 370 g/mol. The molecule has 0 bridgehead atoms. The highest BCUT2D eigenvalue weighted by atomic mass is 16.5. The highest BCUT2D eigenvalue weighted by molar-refractivity contribution is 5.93. The molecule has 0 atom stereocenters. The fourth-order valence-electron chi connectivity index (χ4n) is 2.94. The van der Waals surface area contributed by atoms with Gasteiger partial charge in [-0.15, -0.1) is 5.10 Å². The lowest BCUT2D eigenvalue weighted by Gasteiger charge is -2.09. The lowest BCUT2D eigenvalue weighted by molar-refractivity contribution is -0.118. The van der Waals surface area contributed by atoms with Crippen LogP contribution in [0.25, 0.3) is 11.4 Å². The first kappa shape index (κ1) is 18.4. The topological polar surface area (TPSA) is 99.8 Å². The van der Waals surface area contributed by atoms with Crippen LogP contribution in [-0.2, 0) is 4.79 Å². The SMILES string of the molecule is Cc1nn(-c2ccccc2)c(C)c1NC(=O)COc1ccc(-n2cnnn2)cc1. The van der Waals surface area contributed by atoms with Crippen LogP contribution in [0.5, 0.6) is 5.75 Å². The van der Waals surface area contributed by atoms with E-state index in [0.29, 0.717) is 11.4 Å². The van der Waals surface area contributed by atoms with Gasteiger partial charge in [-0.25, -0.2) is 9.36 Å². The number of carbonyl (C=O) groups excluding carboxylic acids is 1. The van der Waals surface area contributed by atoms with Gasteiger partial charge >= 0.3 is 0 Å². The third kappa shape index (κ3) is 3.98. The number of para-hydroxylation sites is 1. The van der Waals surface area contributed by atoms with Crippen LogP contribution < -0.4 is 10.1 Å². The van der Waals surface area contributed by atoms with Crippen molar-refractivity contribution in [3.8, 4) is 17.1 Å². The van der Waals surface area contributed by atoms with Crippen molar-refractivity contribution in [3.05, 3.63) is 72.3 Å². The van der Waals surface area contributed by atoms with Crippen LogP contribution in [0, 0.1) is 13.8 Å². The second-order valence-electron chi connectivity index (χ2n) is 6.38. The average molecular weight is 389 g/mol. The molecular formula is C20H19N7O2. The summed E-state index contributed by atoms with van der Waals surface area (Å²) in [4.78, 5) is 12.4. The maximum Gasteiger partial charge on any atom is 0.262 e. The van der Waals surface area contributed by atoms with Gasteiger partial charge in [0.2, 0.25) is 0 Å². The molecule has 0 aliphatic heterocycles. The van der Waals surface area contributed by atoms with E-state index in [9.17, 15) is 4.79 Å². The van der Waals surface area contributed by atoms with Gasteiger partial charge in [0.25, 0.3) is 5.91 Å². The average Bonchev–Trinajstić information content (AvgIpc) is 3.38. The maximum absolute atomic E-state index is 12.4. The van der Waals surface area contributed by atoms with Crippen molar-refractivity contribution >= 4 is 11.6 Å². The summed E-state index contributed by atoms with van der Waals surface area (Å²) >= 11 is 0. The van der Waals surface area contributed by atoms with Crippen LogP contribution in [0.2, 0.25) is 0 Å². The summed E-state index contributed by atoms with van der Waals surface area (Å²) in [5.74, 6) is 0.318. The molecule has 0 spiro atoms. The molecule has 1 amide bonds. The molecule has 0 aliphatic rings. The number of hydrogen-bond acceptors (Lipinski definition) is 6. The number of aromatic nitrogens is 6. The van der Waals surface area contributed by atoms with Crippen molar-refractivity contribution < 1.29 is 9.53 Å². The number of amides is 1. The van der Waals surface area contributed by atoms with Crippen molar-refractivity contribution in [2.75, 3.05) is 11.9 Å². The summed E-state index contributed by atoms with van der Waals surface area (Å²) in [6, 6.07) is 16.9. The summed E-state index contributed by atoms with van der Waals surface area (Å²) < 4.78 is 8.93. The highest BCUT2D eigenvalue weighted by Gasteiger charge is 2.15. The smallest absolute Gasteiger partial charge is 0.262 e. The zero-order valence-corrected chi connectivity index (χ0v) is 16.0. The van der Waals surface area contributed by atoms with Crippen LogP contribution in [0.1, 0.15) is 11.4 Å². The van der Waals surface area contributed by atoms with Gasteiger partial charge in [0.05, 0.1) is 28.5 Å². The van der Waals surface area contributed by atoms with E-state index in [2.05, 4.69) is 25.9 Å². The Hall–Kier alpha value is -4.01. The van der Waals surface area contributed by atoms with Crippen LogP contribution >= 0.6 is 0 Å². The Morgan fingerprint density at radius 3 is 2.48 bits per heavy atom. The van der Waals surface area contributed by atoms with Crippen LogP contribution in [0.3, 0.4) is 0 Å². The first-order chi connectivity index (χ1) is 14.1. The minimum atomic E-state index is -0.256. The second-order valence-corrected chi connectivity index (χ2v) is 6.38. The Morgan fingerprint density at radius 2 is 1.79 bits per heavy atom. The zero-order valence-electron chi connectivity index (χ0n) is 16.0. The van der Waals surface area contributed by atoms with E-state index >= 15 is 0 Å². The third-order valence-corrected chi connectivity index (χ3v) is 4.38. The summed E-state index contributed by atoms with van der Waals surface area (Å²) in [6.45, 7) is 3.67. The van der Waals surface area contributed by atoms with E-state index in [-0.39, 0.29) is 12.5 Å². The quantitative estimate of drug-likeness (QED) is 0.544. The minimum absolute atomic E-state index is 0.111. The number of rotatable bonds is 6. The predicted octanol–water partition coefficient (Wildman–Crippen LogP) is 2.48. The van der Waals surface area contributed by atoms with Gasteiger partial charge in [-0.05, 0) is 60.7 Å². The number of carbonyl (C=O) groups is 1. The number of nitrogens with one attached hydrogen (secondary N) is 1. The van der Waals surface area contributed by atoms with Crippen molar-refractivity contribution in [1.82, 2.24) is 30.0 Å². The minimum Gasteiger partial charge on any atom is -0.484 e. The number of ether oxygens (including phenoxy) is 1. The van der Waals surface area contributed by atoms with Crippen LogP contribution in [0.15, 0.2) is 60.9 Å². The molecule has 0 unspecified atom stereocenters. The molecule has 0 saturated carbocycles. The number of hydrogen-bond donors (Lipinski definition) is 1. The van der Waals surface area contributed by atoms with Crippen LogP contribution in [0.4, 0.5) is 5.69 Å². The normalized spacial score (nSPS) is 10.7. The molecule has 2 heterocycles. The predicted molar refractivity (Wildman–Crippen MR) is 106 cm³/mol. The molecule has 9 heteroatoms. The lowest BCUT2D eigenvalue weighted by atomic mass is 10.3. The van der Waals surface area contributed by atoms with E-state index in [1.807, 2.05) is 61.0 Å². The first-order valence-electron chi connectivity index (χ1n) is 8.99. The molecule has 29 heavy (non-hydrogen) atoms. The summed E-state index contributed by atoms with van der Waals surface area (Å²) in [7, 11) is 0. The monoisotopic (exact) mass is 389 g/mol. The molecule has 0 fully saturated rings. The van der Waals surface area contributed by atoms with E-state index in [4.69, 9.17) is 4.74 Å². The molecule has 0 saturated heterocycles. The summed E-state index contributed by atoms with van der Waals surface area (Å²) in [6.07, 6.45) is 1.50. The molecule has 4 aromatic rings. The lowest BCUT2D eigenvalue weighted by Crippen LogP contribution is -2.21. The number of nitrogens with zero attached hydrogens (tertiary/aromatic N) is 6. The van der Waals surface area contributed by atoms with Gasteiger partial charge < -0.3 is 10.1 Å². The molecule has 1 N–H and O–H groups in total. The first-order valence-corrected chi connectivity index (χ1v) is 8.99. The fraction of sp³-hybridized carbons (Fsp3) is 0.150. The number of aryl methyl sites for hydroxylation is 1. The zero-order chi connectivity index (χ0) is 20.2. The molecule has 146 valence electrons. The van der Waals surface area contributed by atoms with Gasteiger partial charge in [-0.1, -0.05) is 18.2 Å². The van der Waals surface area contributed by atoms with E-state index in [1.165, 1.54) is 11.0 Å².